The molecule has 2 aliphatic rings. The van der Waals surface area contributed by atoms with E-state index in [1.54, 1.807) is 11.2 Å². The van der Waals surface area contributed by atoms with E-state index in [4.69, 9.17) is 0 Å². The summed E-state index contributed by atoms with van der Waals surface area (Å²) in [7, 11) is 0. The van der Waals surface area contributed by atoms with Gasteiger partial charge in [0, 0.05) is 12.1 Å². The summed E-state index contributed by atoms with van der Waals surface area (Å²) in [6.45, 7) is 0. The minimum Gasteiger partial charge on any atom is -0.256 e. The SMILES string of the molecule is N#CC1(C#N)[C@@H](c2ccccc2)C[C@@H]2C=CC=NN21. The predicted molar refractivity (Wildman–Crippen MR) is 71.0 cm³/mol. The van der Waals surface area contributed by atoms with E-state index in [0.29, 0.717) is 0 Å². The molecule has 0 saturated carbocycles. The molecule has 2 atom stereocenters. The lowest BCUT2D eigenvalue weighted by Gasteiger charge is -2.30. The molecule has 3 rings (SSSR count). The highest BCUT2D eigenvalue weighted by Gasteiger charge is 2.55. The second-order valence-corrected chi connectivity index (χ2v) is 4.75. The van der Waals surface area contributed by atoms with Gasteiger partial charge in [-0.2, -0.15) is 15.6 Å². The third kappa shape index (κ3) is 1.54. The molecule has 4 heteroatoms. The second-order valence-electron chi connectivity index (χ2n) is 4.75. The van der Waals surface area contributed by atoms with Crippen molar-refractivity contribution in [3.05, 3.63) is 48.0 Å². The molecule has 0 amide bonds. The van der Waals surface area contributed by atoms with Crippen LogP contribution in [-0.4, -0.2) is 22.8 Å². The smallest absolute Gasteiger partial charge is 0.236 e. The van der Waals surface area contributed by atoms with E-state index in [0.717, 1.165) is 12.0 Å². The zero-order valence-electron chi connectivity index (χ0n) is 10.3. The van der Waals surface area contributed by atoms with Crippen LogP contribution in [0.2, 0.25) is 0 Å². The Kier molecular flexibility index (Phi) is 2.58. The highest BCUT2D eigenvalue weighted by atomic mass is 15.5. The van der Waals surface area contributed by atoms with Crippen LogP contribution in [0.5, 0.6) is 0 Å². The molecule has 0 spiro atoms. The van der Waals surface area contributed by atoms with Crippen molar-refractivity contribution in [1.29, 1.82) is 10.5 Å². The van der Waals surface area contributed by atoms with Gasteiger partial charge < -0.3 is 0 Å². The van der Waals surface area contributed by atoms with Gasteiger partial charge in [-0.3, -0.25) is 5.01 Å². The molecule has 4 nitrogen and oxygen atoms in total. The molecule has 0 aliphatic carbocycles. The van der Waals surface area contributed by atoms with E-state index >= 15 is 0 Å². The van der Waals surface area contributed by atoms with Crippen LogP contribution in [0, 0.1) is 22.7 Å². The Morgan fingerprint density at radius 3 is 2.63 bits per heavy atom. The molecule has 0 unspecified atom stereocenters. The van der Waals surface area contributed by atoms with Gasteiger partial charge in [-0.05, 0) is 18.1 Å². The van der Waals surface area contributed by atoms with Crippen LogP contribution in [0.15, 0.2) is 47.6 Å². The molecule has 0 radical (unpaired) electrons. The molecule has 92 valence electrons. The van der Waals surface area contributed by atoms with Gasteiger partial charge in [-0.15, -0.1) is 0 Å². The monoisotopic (exact) mass is 248 g/mol. The predicted octanol–water partition coefficient (Wildman–Crippen LogP) is 2.19. The van der Waals surface area contributed by atoms with Gasteiger partial charge in [0.1, 0.15) is 12.1 Å². The van der Waals surface area contributed by atoms with Crippen LogP contribution < -0.4 is 0 Å². The third-order valence-corrected chi connectivity index (χ3v) is 3.81. The largest absolute Gasteiger partial charge is 0.256 e. The molecular weight excluding hydrogens is 236 g/mol. The zero-order chi connectivity index (χ0) is 13.3. The van der Waals surface area contributed by atoms with Gasteiger partial charge in [-0.25, -0.2) is 0 Å². The maximum atomic E-state index is 9.58. The van der Waals surface area contributed by atoms with Crippen LogP contribution in [0.1, 0.15) is 17.9 Å². The normalized spacial score (nSPS) is 26.5. The Morgan fingerprint density at radius 1 is 1.21 bits per heavy atom. The molecule has 0 aromatic heterocycles. The van der Waals surface area contributed by atoms with Crippen molar-refractivity contribution < 1.29 is 0 Å². The molecule has 2 heterocycles. The average molecular weight is 248 g/mol. The third-order valence-electron chi connectivity index (χ3n) is 3.81. The maximum Gasteiger partial charge on any atom is 0.236 e. The van der Waals surface area contributed by atoms with E-state index in [2.05, 4.69) is 17.2 Å². The topological polar surface area (TPSA) is 63.2 Å². The first kappa shape index (κ1) is 11.5. The molecular formula is C15H12N4. The lowest BCUT2D eigenvalue weighted by Crippen LogP contribution is -2.44. The van der Waals surface area contributed by atoms with Crippen molar-refractivity contribution >= 4 is 6.21 Å². The first-order chi connectivity index (χ1) is 9.31. The van der Waals surface area contributed by atoms with Crippen molar-refractivity contribution in [2.45, 2.75) is 23.9 Å². The summed E-state index contributed by atoms with van der Waals surface area (Å²) in [4.78, 5) is 0. The van der Waals surface area contributed by atoms with Crippen LogP contribution in [0.4, 0.5) is 0 Å². The summed E-state index contributed by atoms with van der Waals surface area (Å²) >= 11 is 0. The van der Waals surface area contributed by atoms with Crippen LogP contribution in [-0.2, 0) is 0 Å². The molecule has 1 aromatic carbocycles. The van der Waals surface area contributed by atoms with Gasteiger partial charge in [0.05, 0.1) is 6.04 Å². The van der Waals surface area contributed by atoms with Gasteiger partial charge in [-0.1, -0.05) is 36.4 Å². The summed E-state index contributed by atoms with van der Waals surface area (Å²) in [5.41, 5.74) is -0.198. The van der Waals surface area contributed by atoms with E-state index < -0.39 is 5.54 Å². The van der Waals surface area contributed by atoms with E-state index in [9.17, 15) is 10.5 Å². The Hall–Kier alpha value is -2.59. The summed E-state index contributed by atoms with van der Waals surface area (Å²) in [6.07, 6.45) is 6.24. The number of hydrogen-bond donors (Lipinski definition) is 0. The highest BCUT2D eigenvalue weighted by Crippen LogP contribution is 2.46. The lowest BCUT2D eigenvalue weighted by molar-refractivity contribution is 0.208. The van der Waals surface area contributed by atoms with Crippen LogP contribution >= 0.6 is 0 Å². The lowest BCUT2D eigenvalue weighted by atomic mass is 9.82. The van der Waals surface area contributed by atoms with Gasteiger partial charge in [0.2, 0.25) is 5.54 Å². The molecule has 1 aromatic rings. The second kappa shape index (κ2) is 4.26. The quantitative estimate of drug-likeness (QED) is 0.765. The fourth-order valence-electron chi connectivity index (χ4n) is 2.90. The summed E-state index contributed by atoms with van der Waals surface area (Å²) in [5, 5.41) is 25.0. The number of nitrogens with zero attached hydrogens (tertiary/aromatic N) is 4. The fourth-order valence-corrected chi connectivity index (χ4v) is 2.90. The number of fused-ring (bicyclic) bond motifs is 1. The number of allylic oxidation sites excluding steroid dienone is 1. The summed E-state index contributed by atoms with van der Waals surface area (Å²) in [6, 6.07) is 14.2. The molecule has 1 saturated heterocycles. The van der Waals surface area contributed by atoms with Gasteiger partial charge in [0.15, 0.2) is 0 Å². The Balaban J connectivity index is 2.11. The Morgan fingerprint density at radius 2 is 1.95 bits per heavy atom. The van der Waals surface area contributed by atoms with Crippen molar-refractivity contribution in [3.63, 3.8) is 0 Å². The number of rotatable bonds is 1. The minimum absolute atomic E-state index is 0.0227. The molecule has 2 aliphatic heterocycles. The first-order valence-electron chi connectivity index (χ1n) is 6.19. The first-order valence-corrected chi connectivity index (χ1v) is 6.19. The number of hydrazone groups is 1. The molecule has 0 bridgehead atoms. The van der Waals surface area contributed by atoms with E-state index in [1.165, 1.54) is 0 Å². The average Bonchev–Trinajstić information content (AvgIpc) is 2.83. The van der Waals surface area contributed by atoms with Crippen molar-refractivity contribution in [2.75, 3.05) is 0 Å². The zero-order valence-corrected chi connectivity index (χ0v) is 10.3. The minimum atomic E-state index is -1.21. The Bertz CT molecular complexity index is 604. The van der Waals surface area contributed by atoms with Crippen molar-refractivity contribution in [1.82, 2.24) is 5.01 Å². The molecule has 1 fully saturated rings. The van der Waals surface area contributed by atoms with Crippen molar-refractivity contribution in [2.24, 2.45) is 5.10 Å². The maximum absolute atomic E-state index is 9.58. The van der Waals surface area contributed by atoms with Crippen LogP contribution in [0.3, 0.4) is 0 Å². The molecule has 0 N–H and O–H groups in total. The van der Waals surface area contributed by atoms with Crippen molar-refractivity contribution in [3.8, 4) is 12.1 Å². The number of hydrogen-bond acceptors (Lipinski definition) is 4. The fraction of sp³-hybridized carbons (Fsp3) is 0.267. The standard InChI is InChI=1S/C15H12N4/c16-10-15(11-17)14(12-5-2-1-3-6-12)9-13-7-4-8-18-19(13)15/h1-8,13-14H,9H2/t13-,14+/m0/s1. The summed E-state index contributed by atoms with van der Waals surface area (Å²) < 4.78 is 0. The van der Waals surface area contributed by atoms with E-state index in [-0.39, 0.29) is 12.0 Å². The van der Waals surface area contributed by atoms with Crippen LogP contribution in [0.25, 0.3) is 0 Å². The van der Waals surface area contributed by atoms with Gasteiger partial charge in [0.25, 0.3) is 0 Å². The van der Waals surface area contributed by atoms with E-state index in [1.807, 2.05) is 42.5 Å². The van der Waals surface area contributed by atoms with Gasteiger partial charge >= 0.3 is 0 Å². The number of nitriles is 2. The number of benzene rings is 1. The molecule has 19 heavy (non-hydrogen) atoms. The Labute approximate surface area is 111 Å². The highest BCUT2D eigenvalue weighted by molar-refractivity contribution is 5.72. The summed E-state index contributed by atoms with van der Waals surface area (Å²) in [5.74, 6) is -0.145.